The highest BCUT2D eigenvalue weighted by molar-refractivity contribution is 8.14. The zero-order valence-corrected chi connectivity index (χ0v) is 8.72. The molecule has 0 aromatic rings. The third-order valence-corrected chi connectivity index (χ3v) is 3.82. The van der Waals surface area contributed by atoms with Crippen LogP contribution < -0.4 is 5.73 Å². The van der Waals surface area contributed by atoms with E-state index in [-0.39, 0.29) is 0 Å². The Morgan fingerprint density at radius 1 is 1.46 bits per heavy atom. The number of rotatable bonds is 1. The minimum atomic E-state index is 0.753. The van der Waals surface area contributed by atoms with Crippen molar-refractivity contribution >= 4 is 16.9 Å². The highest BCUT2D eigenvalue weighted by Crippen LogP contribution is 2.22. The van der Waals surface area contributed by atoms with Crippen LogP contribution in [-0.4, -0.2) is 42.0 Å². The Morgan fingerprint density at radius 2 is 2.23 bits per heavy atom. The van der Waals surface area contributed by atoms with Gasteiger partial charge >= 0.3 is 0 Å². The average Bonchev–Trinajstić information content (AvgIpc) is 2.71. The first-order valence-corrected chi connectivity index (χ1v) is 6.01. The smallest absolute Gasteiger partial charge is 0.159 e. The number of hydrogen-bond acceptors (Lipinski definition) is 4. The summed E-state index contributed by atoms with van der Waals surface area (Å²) in [7, 11) is 0. The van der Waals surface area contributed by atoms with Crippen LogP contribution in [0.4, 0.5) is 0 Å². The Hall–Kier alpha value is -0.220. The summed E-state index contributed by atoms with van der Waals surface area (Å²) in [6, 6.07) is 0. The van der Waals surface area contributed by atoms with Crippen LogP contribution in [0.5, 0.6) is 0 Å². The zero-order chi connectivity index (χ0) is 9.10. The lowest BCUT2D eigenvalue weighted by Crippen LogP contribution is -2.38. The molecular formula is C9H17N3S. The van der Waals surface area contributed by atoms with Crippen molar-refractivity contribution in [2.24, 2.45) is 16.6 Å². The largest absolute Gasteiger partial charge is 0.351 e. The molecule has 2 N–H and O–H groups in total. The molecule has 3 nitrogen and oxygen atoms in total. The first-order chi connectivity index (χ1) is 6.40. The fourth-order valence-corrected chi connectivity index (χ4v) is 2.79. The lowest BCUT2D eigenvalue weighted by molar-refractivity contribution is 0.274. The molecule has 1 fully saturated rings. The summed E-state index contributed by atoms with van der Waals surface area (Å²) in [5, 5.41) is 1.27. The van der Waals surface area contributed by atoms with Gasteiger partial charge in [0, 0.05) is 18.8 Å². The van der Waals surface area contributed by atoms with E-state index >= 15 is 0 Å². The van der Waals surface area contributed by atoms with Crippen molar-refractivity contribution in [1.29, 1.82) is 0 Å². The van der Waals surface area contributed by atoms with E-state index in [9.17, 15) is 0 Å². The first kappa shape index (κ1) is 9.34. The number of nitrogens with two attached hydrogens (primary N) is 1. The van der Waals surface area contributed by atoms with Crippen LogP contribution in [0, 0.1) is 5.92 Å². The molecule has 0 aromatic heterocycles. The molecule has 2 heterocycles. The molecule has 0 aliphatic carbocycles. The number of hydrogen-bond donors (Lipinski definition) is 1. The predicted molar refractivity (Wildman–Crippen MR) is 58.1 cm³/mol. The molecule has 0 spiro atoms. The Bertz CT molecular complexity index is 197. The van der Waals surface area contributed by atoms with Gasteiger partial charge in [-0.2, -0.15) is 0 Å². The van der Waals surface area contributed by atoms with Crippen molar-refractivity contribution in [3.8, 4) is 0 Å². The van der Waals surface area contributed by atoms with Gasteiger partial charge in [0.15, 0.2) is 5.17 Å². The quantitative estimate of drug-likeness (QED) is 0.678. The molecule has 0 bridgehead atoms. The van der Waals surface area contributed by atoms with Crippen LogP contribution in [0.2, 0.25) is 0 Å². The van der Waals surface area contributed by atoms with E-state index in [1.165, 1.54) is 23.8 Å². The molecule has 2 aliphatic heterocycles. The number of thioether (sulfide) groups is 1. The van der Waals surface area contributed by atoms with E-state index in [0.29, 0.717) is 0 Å². The predicted octanol–water partition coefficient (Wildman–Crippen LogP) is 0.760. The normalized spacial score (nSPS) is 25.0. The SMILES string of the molecule is NCC1CCN(C2=NCCS2)CC1. The molecule has 13 heavy (non-hydrogen) atoms. The maximum absolute atomic E-state index is 5.65. The van der Waals surface area contributed by atoms with Crippen LogP contribution >= 0.6 is 11.8 Å². The molecule has 0 saturated carbocycles. The Labute approximate surface area is 83.8 Å². The molecule has 4 heteroatoms. The summed E-state index contributed by atoms with van der Waals surface area (Å²) in [5.41, 5.74) is 5.65. The van der Waals surface area contributed by atoms with Crippen LogP contribution in [0.3, 0.4) is 0 Å². The van der Waals surface area contributed by atoms with E-state index in [1.807, 2.05) is 11.8 Å². The Balaban J connectivity index is 1.83. The van der Waals surface area contributed by atoms with Gasteiger partial charge in [0.05, 0.1) is 6.54 Å². The number of piperidine rings is 1. The summed E-state index contributed by atoms with van der Waals surface area (Å²) in [6.45, 7) is 4.19. The number of aliphatic imine (C=N–C) groups is 1. The topological polar surface area (TPSA) is 41.6 Å². The summed E-state index contributed by atoms with van der Waals surface area (Å²) in [4.78, 5) is 6.90. The van der Waals surface area contributed by atoms with Gasteiger partial charge in [0.1, 0.15) is 0 Å². The minimum Gasteiger partial charge on any atom is -0.351 e. The zero-order valence-electron chi connectivity index (χ0n) is 7.91. The highest BCUT2D eigenvalue weighted by atomic mass is 32.2. The van der Waals surface area contributed by atoms with Crippen molar-refractivity contribution in [2.75, 3.05) is 31.9 Å². The van der Waals surface area contributed by atoms with Crippen LogP contribution in [0.1, 0.15) is 12.8 Å². The molecule has 0 aromatic carbocycles. The van der Waals surface area contributed by atoms with E-state index < -0.39 is 0 Å². The highest BCUT2D eigenvalue weighted by Gasteiger charge is 2.22. The van der Waals surface area contributed by atoms with Gasteiger partial charge in [0.2, 0.25) is 0 Å². The van der Waals surface area contributed by atoms with Gasteiger partial charge in [-0.05, 0) is 25.3 Å². The maximum Gasteiger partial charge on any atom is 0.159 e. The summed E-state index contributed by atoms with van der Waals surface area (Å²) >= 11 is 1.90. The molecule has 0 amide bonds. The molecule has 0 atom stereocenters. The van der Waals surface area contributed by atoms with Crippen LogP contribution in [-0.2, 0) is 0 Å². The van der Waals surface area contributed by atoms with E-state index in [4.69, 9.17) is 5.73 Å². The second-order valence-corrected chi connectivity index (χ2v) is 4.74. The van der Waals surface area contributed by atoms with Gasteiger partial charge in [-0.25, -0.2) is 0 Å². The molecule has 74 valence electrons. The van der Waals surface area contributed by atoms with Gasteiger partial charge in [0.25, 0.3) is 0 Å². The molecule has 2 aliphatic rings. The van der Waals surface area contributed by atoms with Crippen molar-refractivity contribution in [3.63, 3.8) is 0 Å². The van der Waals surface area contributed by atoms with Gasteiger partial charge < -0.3 is 10.6 Å². The second kappa shape index (κ2) is 4.33. The van der Waals surface area contributed by atoms with Gasteiger partial charge in [-0.1, -0.05) is 11.8 Å². The lowest BCUT2D eigenvalue weighted by Gasteiger charge is -2.32. The standard InChI is InChI=1S/C9H17N3S/c10-7-8-1-4-12(5-2-8)9-11-3-6-13-9/h8H,1-7,10H2. The molecule has 0 unspecified atom stereocenters. The van der Waals surface area contributed by atoms with E-state index in [2.05, 4.69) is 9.89 Å². The van der Waals surface area contributed by atoms with Crippen molar-refractivity contribution in [3.05, 3.63) is 0 Å². The van der Waals surface area contributed by atoms with Crippen molar-refractivity contribution in [2.45, 2.75) is 12.8 Å². The first-order valence-electron chi connectivity index (χ1n) is 5.02. The van der Waals surface area contributed by atoms with Gasteiger partial charge in [-0.3, -0.25) is 4.99 Å². The fraction of sp³-hybridized carbons (Fsp3) is 0.889. The Morgan fingerprint density at radius 3 is 2.77 bits per heavy atom. The monoisotopic (exact) mass is 199 g/mol. The molecule has 1 saturated heterocycles. The fourth-order valence-electron chi connectivity index (χ4n) is 1.88. The summed E-state index contributed by atoms with van der Waals surface area (Å²) < 4.78 is 0. The molecular weight excluding hydrogens is 182 g/mol. The number of nitrogens with zero attached hydrogens (tertiary/aromatic N) is 2. The van der Waals surface area contributed by atoms with E-state index in [0.717, 1.165) is 32.1 Å². The molecule has 2 rings (SSSR count). The Kier molecular flexibility index (Phi) is 3.11. The third kappa shape index (κ3) is 2.17. The minimum absolute atomic E-state index is 0.753. The van der Waals surface area contributed by atoms with Crippen molar-refractivity contribution < 1.29 is 0 Å². The third-order valence-electron chi connectivity index (χ3n) is 2.79. The van der Waals surface area contributed by atoms with Gasteiger partial charge in [-0.15, -0.1) is 0 Å². The second-order valence-electron chi connectivity index (χ2n) is 3.68. The number of amidine groups is 1. The maximum atomic E-state index is 5.65. The van der Waals surface area contributed by atoms with Crippen LogP contribution in [0.15, 0.2) is 4.99 Å². The molecule has 0 radical (unpaired) electrons. The summed E-state index contributed by atoms with van der Waals surface area (Å²) in [6.07, 6.45) is 2.49. The van der Waals surface area contributed by atoms with E-state index in [1.54, 1.807) is 0 Å². The summed E-state index contributed by atoms with van der Waals surface area (Å²) in [5.74, 6) is 1.93. The van der Waals surface area contributed by atoms with Crippen molar-refractivity contribution in [1.82, 2.24) is 4.90 Å². The van der Waals surface area contributed by atoms with Crippen LogP contribution in [0.25, 0.3) is 0 Å². The number of likely N-dealkylation sites (tertiary alicyclic amines) is 1. The average molecular weight is 199 g/mol. The lowest BCUT2D eigenvalue weighted by atomic mass is 9.98.